The average molecular weight is 305 g/mol. The van der Waals surface area contributed by atoms with Gasteiger partial charge in [-0.15, -0.1) is 0 Å². The van der Waals surface area contributed by atoms with Crippen molar-refractivity contribution in [2.45, 2.75) is 6.92 Å². The van der Waals surface area contributed by atoms with Crippen LogP contribution in [0.4, 0.5) is 0 Å². The molecule has 0 aliphatic rings. The van der Waals surface area contributed by atoms with Crippen LogP contribution < -0.4 is 5.43 Å². The molecule has 0 aliphatic heterocycles. The summed E-state index contributed by atoms with van der Waals surface area (Å²) in [6, 6.07) is 8.53. The third-order valence-corrected chi connectivity index (χ3v) is 3.35. The first kappa shape index (κ1) is 11.3. The zero-order chi connectivity index (χ0) is 12.9. The molecule has 0 saturated heterocycles. The van der Waals surface area contributed by atoms with Crippen molar-refractivity contribution in [2.24, 2.45) is 0 Å². The molecule has 2 aromatic carbocycles. The topological polar surface area (TPSA) is 50.4 Å². The lowest BCUT2D eigenvalue weighted by molar-refractivity contribution is 0.467. The molecular formula is C14H9BrO3. The van der Waals surface area contributed by atoms with Gasteiger partial charge in [0.25, 0.3) is 0 Å². The van der Waals surface area contributed by atoms with Gasteiger partial charge in [-0.3, -0.25) is 4.79 Å². The molecule has 1 N–H and O–H groups in total. The Balaban J connectivity index is 2.61. The van der Waals surface area contributed by atoms with Gasteiger partial charge in [0.05, 0.1) is 10.8 Å². The van der Waals surface area contributed by atoms with Gasteiger partial charge in [0.2, 0.25) is 5.43 Å². The van der Waals surface area contributed by atoms with Crippen molar-refractivity contribution in [3.63, 3.8) is 0 Å². The number of phenolic OH excluding ortho intramolecular Hbond substituents is 1. The smallest absolute Gasteiger partial charge is 0.200 e. The van der Waals surface area contributed by atoms with Gasteiger partial charge in [-0.25, -0.2) is 0 Å². The fourth-order valence-electron chi connectivity index (χ4n) is 2.05. The Kier molecular flexibility index (Phi) is 2.41. The van der Waals surface area contributed by atoms with E-state index in [0.717, 1.165) is 10.0 Å². The van der Waals surface area contributed by atoms with Crippen LogP contribution in [0.25, 0.3) is 21.9 Å². The Morgan fingerprint density at radius 1 is 1.17 bits per heavy atom. The van der Waals surface area contributed by atoms with Crippen molar-refractivity contribution in [3.8, 4) is 5.75 Å². The Morgan fingerprint density at radius 2 is 1.94 bits per heavy atom. The molecule has 1 aromatic heterocycles. The first-order valence-electron chi connectivity index (χ1n) is 5.42. The van der Waals surface area contributed by atoms with Crippen molar-refractivity contribution < 1.29 is 9.52 Å². The van der Waals surface area contributed by atoms with Crippen molar-refractivity contribution in [1.82, 2.24) is 0 Å². The fraction of sp³-hybridized carbons (Fsp3) is 0.0714. The number of hydrogen-bond acceptors (Lipinski definition) is 3. The number of phenols is 1. The van der Waals surface area contributed by atoms with Crippen LogP contribution in [0.1, 0.15) is 5.56 Å². The minimum atomic E-state index is -0.127. The minimum Gasteiger partial charge on any atom is -0.504 e. The number of fused-ring (bicyclic) bond motifs is 2. The van der Waals surface area contributed by atoms with Gasteiger partial charge in [0.15, 0.2) is 11.3 Å². The van der Waals surface area contributed by atoms with Crippen LogP contribution in [-0.2, 0) is 0 Å². The lowest BCUT2D eigenvalue weighted by atomic mass is 10.1. The molecule has 0 radical (unpaired) electrons. The van der Waals surface area contributed by atoms with Crippen molar-refractivity contribution in [3.05, 3.63) is 50.6 Å². The Morgan fingerprint density at radius 3 is 2.72 bits per heavy atom. The van der Waals surface area contributed by atoms with E-state index >= 15 is 0 Å². The molecule has 3 aromatic rings. The van der Waals surface area contributed by atoms with Crippen LogP contribution in [-0.4, -0.2) is 5.11 Å². The summed E-state index contributed by atoms with van der Waals surface area (Å²) in [6.45, 7) is 1.82. The molecule has 0 bridgehead atoms. The first-order chi connectivity index (χ1) is 8.56. The molecule has 0 spiro atoms. The largest absolute Gasteiger partial charge is 0.504 e. The van der Waals surface area contributed by atoms with Crippen LogP contribution in [0.3, 0.4) is 0 Å². The first-order valence-corrected chi connectivity index (χ1v) is 6.21. The van der Waals surface area contributed by atoms with E-state index in [2.05, 4.69) is 15.9 Å². The molecular weight excluding hydrogens is 296 g/mol. The highest BCUT2D eigenvalue weighted by Gasteiger charge is 2.11. The summed E-state index contributed by atoms with van der Waals surface area (Å²) in [6.07, 6.45) is 0. The lowest BCUT2D eigenvalue weighted by Crippen LogP contribution is -2.02. The SMILES string of the molecule is Cc1cc(O)c2oc3cc(Br)ccc3c(=O)c2c1. The monoisotopic (exact) mass is 304 g/mol. The molecule has 3 rings (SSSR count). The number of aryl methyl sites for hydroxylation is 1. The Labute approximate surface area is 111 Å². The summed E-state index contributed by atoms with van der Waals surface area (Å²) >= 11 is 3.33. The fourth-order valence-corrected chi connectivity index (χ4v) is 2.39. The van der Waals surface area contributed by atoms with E-state index in [1.165, 1.54) is 0 Å². The van der Waals surface area contributed by atoms with Crippen LogP contribution in [0.2, 0.25) is 0 Å². The Hall–Kier alpha value is -1.81. The second-order valence-corrected chi connectivity index (χ2v) is 5.15. The van der Waals surface area contributed by atoms with Crippen LogP contribution in [0, 0.1) is 6.92 Å². The van der Waals surface area contributed by atoms with Crippen molar-refractivity contribution >= 4 is 37.9 Å². The molecule has 0 unspecified atom stereocenters. The standard InChI is InChI=1S/C14H9BrO3/c1-7-4-10-13(17)9-3-2-8(15)6-12(9)18-14(10)11(16)5-7/h2-6,16H,1H3. The summed E-state index contributed by atoms with van der Waals surface area (Å²) in [5.41, 5.74) is 1.39. The average Bonchev–Trinajstić information content (AvgIpc) is 2.31. The zero-order valence-corrected chi connectivity index (χ0v) is 11.1. The molecule has 0 aliphatic carbocycles. The second-order valence-electron chi connectivity index (χ2n) is 4.23. The maximum absolute atomic E-state index is 12.3. The van der Waals surface area contributed by atoms with Gasteiger partial charge >= 0.3 is 0 Å². The molecule has 18 heavy (non-hydrogen) atoms. The van der Waals surface area contributed by atoms with E-state index in [0.29, 0.717) is 16.4 Å². The summed E-state index contributed by atoms with van der Waals surface area (Å²) in [5.74, 6) is -0.0102. The minimum absolute atomic E-state index is 0.0102. The quantitative estimate of drug-likeness (QED) is 0.644. The van der Waals surface area contributed by atoms with Crippen molar-refractivity contribution in [1.29, 1.82) is 0 Å². The van der Waals surface area contributed by atoms with Gasteiger partial charge in [0.1, 0.15) is 5.58 Å². The van der Waals surface area contributed by atoms with E-state index in [4.69, 9.17) is 4.42 Å². The maximum Gasteiger partial charge on any atom is 0.200 e. The molecule has 90 valence electrons. The van der Waals surface area contributed by atoms with E-state index in [9.17, 15) is 9.90 Å². The predicted octanol–water partition coefficient (Wildman–Crippen LogP) is 3.72. The van der Waals surface area contributed by atoms with E-state index in [1.807, 2.05) is 6.92 Å². The molecule has 0 amide bonds. The summed E-state index contributed by atoms with van der Waals surface area (Å²) < 4.78 is 6.44. The molecule has 0 saturated carbocycles. The summed E-state index contributed by atoms with van der Waals surface area (Å²) in [5, 5.41) is 10.8. The van der Waals surface area contributed by atoms with E-state index in [1.54, 1.807) is 30.3 Å². The second kappa shape index (κ2) is 3.85. The number of benzene rings is 2. The van der Waals surface area contributed by atoms with Crippen molar-refractivity contribution in [2.75, 3.05) is 0 Å². The molecule has 4 heteroatoms. The van der Waals surface area contributed by atoms with Gasteiger partial charge in [0, 0.05) is 4.47 Å². The zero-order valence-electron chi connectivity index (χ0n) is 9.53. The maximum atomic E-state index is 12.3. The molecule has 3 nitrogen and oxygen atoms in total. The van der Waals surface area contributed by atoms with Crippen LogP contribution in [0.15, 0.2) is 44.0 Å². The normalized spacial score (nSPS) is 11.2. The Bertz CT molecular complexity index is 834. The van der Waals surface area contributed by atoms with E-state index in [-0.39, 0.29) is 16.8 Å². The van der Waals surface area contributed by atoms with Gasteiger partial charge in [-0.2, -0.15) is 0 Å². The lowest BCUT2D eigenvalue weighted by Gasteiger charge is -2.04. The third-order valence-electron chi connectivity index (χ3n) is 2.86. The molecule has 0 fully saturated rings. The number of halogens is 1. The highest BCUT2D eigenvalue weighted by molar-refractivity contribution is 9.10. The van der Waals surface area contributed by atoms with E-state index < -0.39 is 0 Å². The number of rotatable bonds is 0. The van der Waals surface area contributed by atoms with Gasteiger partial charge < -0.3 is 9.52 Å². The highest BCUT2D eigenvalue weighted by Crippen LogP contribution is 2.28. The van der Waals surface area contributed by atoms with Crippen LogP contribution in [0.5, 0.6) is 5.75 Å². The third kappa shape index (κ3) is 1.61. The summed E-state index contributed by atoms with van der Waals surface area (Å²) in [4.78, 5) is 12.3. The molecule has 1 heterocycles. The van der Waals surface area contributed by atoms with Gasteiger partial charge in [-0.1, -0.05) is 15.9 Å². The molecule has 0 atom stereocenters. The number of hydrogen-bond donors (Lipinski definition) is 1. The predicted molar refractivity (Wildman–Crippen MR) is 74.1 cm³/mol. The van der Waals surface area contributed by atoms with Gasteiger partial charge in [-0.05, 0) is 42.8 Å². The summed E-state index contributed by atoms with van der Waals surface area (Å²) in [7, 11) is 0. The van der Waals surface area contributed by atoms with Crippen LogP contribution >= 0.6 is 15.9 Å². The highest BCUT2D eigenvalue weighted by atomic mass is 79.9. The number of aromatic hydroxyl groups is 1.